The van der Waals surface area contributed by atoms with Crippen LogP contribution in [0.3, 0.4) is 0 Å². The van der Waals surface area contributed by atoms with Crippen molar-refractivity contribution in [2.24, 2.45) is 10.8 Å². The van der Waals surface area contributed by atoms with Gasteiger partial charge in [0.2, 0.25) is 5.95 Å². The molecule has 0 saturated heterocycles. The van der Waals surface area contributed by atoms with E-state index in [1.165, 1.54) is 11.1 Å². The number of aryl methyl sites for hydroxylation is 2. The molecule has 5 N–H and O–H groups in total. The Morgan fingerprint density at radius 2 is 1.89 bits per heavy atom. The van der Waals surface area contributed by atoms with E-state index >= 15 is 0 Å². The topological polar surface area (TPSA) is 106 Å². The molecule has 0 bridgehead atoms. The van der Waals surface area contributed by atoms with E-state index < -0.39 is 0 Å². The second-order valence-corrected chi connectivity index (χ2v) is 7.00. The van der Waals surface area contributed by atoms with E-state index in [1.54, 1.807) is 4.68 Å². The summed E-state index contributed by atoms with van der Waals surface area (Å²) in [6, 6.07) is 12.1. The van der Waals surface area contributed by atoms with E-state index in [0.29, 0.717) is 5.95 Å². The standard InChI is InChI=1S/C21H22N6/c1-12-8-13(2)10-14(9-12)19-11-27(21(24)25-19)26-18-7-6-15-16(18)4-3-5-17(15)20(22)23/h3-5,8-11H,6-7H2,1-2H3,(H3,22,23)(H2,24,25). The van der Waals surface area contributed by atoms with Crippen molar-refractivity contribution in [1.29, 1.82) is 5.41 Å². The minimum Gasteiger partial charge on any atom is -0.384 e. The molecule has 1 aliphatic rings. The predicted molar refractivity (Wildman–Crippen MR) is 109 cm³/mol. The Hall–Kier alpha value is -3.41. The van der Waals surface area contributed by atoms with Crippen molar-refractivity contribution < 1.29 is 0 Å². The molecule has 2 aromatic carbocycles. The monoisotopic (exact) mass is 358 g/mol. The van der Waals surface area contributed by atoms with Crippen LogP contribution in [0.15, 0.2) is 47.7 Å². The number of nitrogens with two attached hydrogens (primary N) is 2. The molecule has 1 aliphatic carbocycles. The minimum absolute atomic E-state index is 0.0901. The summed E-state index contributed by atoms with van der Waals surface area (Å²) in [5, 5.41) is 12.5. The van der Waals surface area contributed by atoms with Crippen molar-refractivity contribution in [2.75, 3.05) is 5.73 Å². The summed E-state index contributed by atoms with van der Waals surface area (Å²) in [7, 11) is 0. The van der Waals surface area contributed by atoms with Crippen LogP contribution in [-0.4, -0.2) is 21.2 Å². The van der Waals surface area contributed by atoms with Gasteiger partial charge in [0, 0.05) is 16.7 Å². The number of amidine groups is 1. The van der Waals surface area contributed by atoms with Gasteiger partial charge in [0.1, 0.15) is 5.84 Å². The van der Waals surface area contributed by atoms with Crippen LogP contribution in [0.1, 0.15) is 34.2 Å². The Morgan fingerprint density at radius 3 is 2.59 bits per heavy atom. The molecule has 0 atom stereocenters. The fraction of sp³-hybridized carbons (Fsp3) is 0.190. The van der Waals surface area contributed by atoms with E-state index in [0.717, 1.165) is 46.5 Å². The van der Waals surface area contributed by atoms with Gasteiger partial charge in [-0.15, -0.1) is 0 Å². The number of rotatable bonds is 3. The van der Waals surface area contributed by atoms with Crippen molar-refractivity contribution in [3.63, 3.8) is 0 Å². The number of nitrogens with one attached hydrogen (secondary N) is 1. The lowest BCUT2D eigenvalue weighted by Crippen LogP contribution is -2.13. The zero-order valence-corrected chi connectivity index (χ0v) is 15.5. The van der Waals surface area contributed by atoms with Gasteiger partial charge < -0.3 is 11.5 Å². The Labute approximate surface area is 158 Å². The molecular weight excluding hydrogens is 336 g/mol. The number of hydrogen-bond donors (Lipinski definition) is 3. The van der Waals surface area contributed by atoms with Crippen LogP contribution >= 0.6 is 0 Å². The fourth-order valence-electron chi connectivity index (χ4n) is 3.72. The molecule has 6 heteroatoms. The van der Waals surface area contributed by atoms with Crippen LogP contribution in [0.25, 0.3) is 11.3 Å². The Morgan fingerprint density at radius 1 is 1.15 bits per heavy atom. The third kappa shape index (κ3) is 3.10. The molecule has 27 heavy (non-hydrogen) atoms. The zero-order chi connectivity index (χ0) is 19.1. The number of nitrogen functional groups attached to an aromatic ring is 2. The first-order valence-corrected chi connectivity index (χ1v) is 8.90. The van der Waals surface area contributed by atoms with Gasteiger partial charge in [0.05, 0.1) is 17.6 Å². The number of hydrogen-bond acceptors (Lipinski definition) is 4. The lowest BCUT2D eigenvalue weighted by atomic mass is 10.0. The molecule has 0 fully saturated rings. The SMILES string of the molecule is Cc1cc(C)cc(-c2cn(N=C3CCc4c(C(=N)N)cccc43)c(N)n2)c1. The second kappa shape index (κ2) is 6.39. The van der Waals surface area contributed by atoms with E-state index in [1.807, 2.05) is 24.4 Å². The van der Waals surface area contributed by atoms with Crippen LogP contribution in [-0.2, 0) is 6.42 Å². The highest BCUT2D eigenvalue weighted by molar-refractivity contribution is 6.08. The molecule has 4 rings (SSSR count). The maximum absolute atomic E-state index is 7.76. The van der Waals surface area contributed by atoms with Gasteiger partial charge in [-0.1, -0.05) is 35.4 Å². The van der Waals surface area contributed by atoms with Gasteiger partial charge in [-0.05, 0) is 44.4 Å². The van der Waals surface area contributed by atoms with Gasteiger partial charge in [0.25, 0.3) is 0 Å². The molecule has 0 unspecified atom stereocenters. The van der Waals surface area contributed by atoms with Gasteiger partial charge in [-0.3, -0.25) is 5.41 Å². The summed E-state index contributed by atoms with van der Waals surface area (Å²) < 4.78 is 1.64. The number of aromatic nitrogens is 2. The highest BCUT2D eigenvalue weighted by Crippen LogP contribution is 2.27. The average Bonchev–Trinajstić information content (AvgIpc) is 3.18. The van der Waals surface area contributed by atoms with E-state index in [-0.39, 0.29) is 5.84 Å². The Bertz CT molecular complexity index is 1070. The van der Waals surface area contributed by atoms with Crippen LogP contribution in [0, 0.1) is 19.3 Å². The van der Waals surface area contributed by atoms with Crippen LogP contribution in [0.5, 0.6) is 0 Å². The van der Waals surface area contributed by atoms with E-state index in [2.05, 4.69) is 37.0 Å². The largest absolute Gasteiger partial charge is 0.384 e. The summed E-state index contributed by atoms with van der Waals surface area (Å²) in [6.45, 7) is 4.14. The molecule has 0 amide bonds. The zero-order valence-electron chi connectivity index (χ0n) is 15.5. The fourth-order valence-corrected chi connectivity index (χ4v) is 3.72. The predicted octanol–water partition coefficient (Wildman–Crippen LogP) is 3.23. The maximum Gasteiger partial charge on any atom is 0.221 e. The van der Waals surface area contributed by atoms with Crippen molar-refractivity contribution in [1.82, 2.24) is 9.66 Å². The third-order valence-corrected chi connectivity index (χ3v) is 4.85. The summed E-state index contributed by atoms with van der Waals surface area (Å²) in [5.41, 5.74) is 19.9. The van der Waals surface area contributed by atoms with Gasteiger partial charge >= 0.3 is 0 Å². The molecule has 0 radical (unpaired) electrons. The maximum atomic E-state index is 7.76. The molecule has 0 aliphatic heterocycles. The number of imidazole rings is 1. The van der Waals surface area contributed by atoms with Crippen LogP contribution in [0.2, 0.25) is 0 Å². The number of anilines is 1. The number of fused-ring (bicyclic) bond motifs is 1. The lowest BCUT2D eigenvalue weighted by Gasteiger charge is -2.06. The lowest BCUT2D eigenvalue weighted by molar-refractivity contribution is 0.883. The normalized spacial score (nSPS) is 14.5. The number of nitrogens with zero attached hydrogens (tertiary/aromatic N) is 3. The van der Waals surface area contributed by atoms with E-state index in [4.69, 9.17) is 22.0 Å². The molecular formula is C21H22N6. The van der Waals surface area contributed by atoms with E-state index in [9.17, 15) is 0 Å². The van der Waals surface area contributed by atoms with Gasteiger partial charge in [-0.2, -0.15) is 5.10 Å². The van der Waals surface area contributed by atoms with Gasteiger partial charge in [0.15, 0.2) is 0 Å². The minimum atomic E-state index is 0.0901. The summed E-state index contributed by atoms with van der Waals surface area (Å²) in [5.74, 6) is 0.445. The highest BCUT2D eigenvalue weighted by Gasteiger charge is 2.22. The summed E-state index contributed by atoms with van der Waals surface area (Å²) >= 11 is 0. The van der Waals surface area contributed by atoms with Crippen LogP contribution in [0.4, 0.5) is 5.95 Å². The van der Waals surface area contributed by atoms with Crippen LogP contribution < -0.4 is 11.5 Å². The average molecular weight is 358 g/mol. The third-order valence-electron chi connectivity index (χ3n) is 4.85. The highest BCUT2D eigenvalue weighted by atomic mass is 15.4. The first kappa shape index (κ1) is 17.0. The first-order chi connectivity index (χ1) is 12.9. The second-order valence-electron chi connectivity index (χ2n) is 7.00. The Kier molecular flexibility index (Phi) is 4.03. The molecule has 0 spiro atoms. The summed E-state index contributed by atoms with van der Waals surface area (Å²) in [4.78, 5) is 4.49. The van der Waals surface area contributed by atoms with Crippen molar-refractivity contribution >= 4 is 17.5 Å². The number of benzene rings is 2. The quantitative estimate of drug-likeness (QED) is 0.494. The van der Waals surface area contributed by atoms with Crippen molar-refractivity contribution in [3.05, 3.63) is 70.4 Å². The molecule has 6 nitrogen and oxygen atoms in total. The first-order valence-electron chi connectivity index (χ1n) is 8.90. The summed E-state index contributed by atoms with van der Waals surface area (Å²) in [6.07, 6.45) is 3.47. The Balaban J connectivity index is 1.74. The van der Waals surface area contributed by atoms with Gasteiger partial charge in [-0.25, -0.2) is 9.66 Å². The molecule has 1 aromatic heterocycles. The molecule has 136 valence electrons. The van der Waals surface area contributed by atoms with Crippen molar-refractivity contribution in [2.45, 2.75) is 26.7 Å². The smallest absolute Gasteiger partial charge is 0.221 e. The molecule has 0 saturated carbocycles. The van der Waals surface area contributed by atoms with Crippen molar-refractivity contribution in [3.8, 4) is 11.3 Å². The molecule has 3 aromatic rings. The molecule has 1 heterocycles.